The predicted octanol–water partition coefficient (Wildman–Crippen LogP) is 2.24. The monoisotopic (exact) mass is 402 g/mol. The number of amides is 2. The fourth-order valence-electron chi connectivity index (χ4n) is 3.54. The topological polar surface area (TPSA) is 64.7 Å². The Hall–Kier alpha value is -1.92. The minimum absolute atomic E-state index is 0.0367. The molecule has 2 N–H and O–H groups in total. The highest BCUT2D eigenvalue weighted by Crippen LogP contribution is 2.11. The van der Waals surface area contributed by atoms with E-state index in [-0.39, 0.29) is 23.7 Å². The summed E-state index contributed by atoms with van der Waals surface area (Å²) >= 11 is 0. The molecule has 1 unspecified atom stereocenters. The summed E-state index contributed by atoms with van der Waals surface area (Å²) < 4.78 is 0. The van der Waals surface area contributed by atoms with E-state index in [1.165, 1.54) is 5.56 Å². The standard InChI is InChI=1S/C23H38N4O2/c1-17(2)13-21(28)25-22(18(3)4)23(29)24-15-19-7-6-8-20(14-19)16-27-11-9-26(5)10-12-27/h6-8,14,17-18,22H,9-13,15-16H2,1-5H3,(H,24,29)(H,25,28). The summed E-state index contributed by atoms with van der Waals surface area (Å²) in [4.78, 5) is 29.6. The van der Waals surface area contributed by atoms with Crippen molar-refractivity contribution in [3.63, 3.8) is 0 Å². The fraction of sp³-hybridized carbons (Fsp3) is 0.652. The Kier molecular flexibility index (Phi) is 9.11. The molecule has 1 atom stereocenters. The van der Waals surface area contributed by atoms with Gasteiger partial charge in [-0.3, -0.25) is 14.5 Å². The van der Waals surface area contributed by atoms with Gasteiger partial charge in [-0.1, -0.05) is 52.0 Å². The number of benzene rings is 1. The van der Waals surface area contributed by atoms with Crippen LogP contribution in [0.1, 0.15) is 45.2 Å². The van der Waals surface area contributed by atoms with Gasteiger partial charge in [0.15, 0.2) is 0 Å². The van der Waals surface area contributed by atoms with E-state index >= 15 is 0 Å². The summed E-state index contributed by atoms with van der Waals surface area (Å²) in [7, 11) is 2.16. The van der Waals surface area contributed by atoms with E-state index in [4.69, 9.17) is 0 Å². The van der Waals surface area contributed by atoms with E-state index in [0.29, 0.717) is 13.0 Å². The lowest BCUT2D eigenvalue weighted by atomic mass is 10.0. The van der Waals surface area contributed by atoms with Crippen LogP contribution in [0.2, 0.25) is 0 Å². The maximum atomic E-state index is 12.7. The second-order valence-electron chi connectivity index (χ2n) is 9.00. The Morgan fingerprint density at radius 1 is 1.03 bits per heavy atom. The quantitative estimate of drug-likeness (QED) is 0.665. The molecule has 1 heterocycles. The number of nitrogens with zero attached hydrogens (tertiary/aromatic N) is 2. The van der Waals surface area contributed by atoms with Crippen LogP contribution in [-0.2, 0) is 22.7 Å². The predicted molar refractivity (Wildman–Crippen MR) is 117 cm³/mol. The smallest absolute Gasteiger partial charge is 0.243 e. The van der Waals surface area contributed by atoms with Crippen LogP contribution >= 0.6 is 0 Å². The zero-order valence-corrected chi connectivity index (χ0v) is 18.7. The van der Waals surface area contributed by atoms with Gasteiger partial charge in [0, 0.05) is 45.7 Å². The van der Waals surface area contributed by atoms with Crippen LogP contribution in [0.4, 0.5) is 0 Å². The lowest BCUT2D eigenvalue weighted by Gasteiger charge is -2.32. The van der Waals surface area contributed by atoms with Crippen LogP contribution < -0.4 is 10.6 Å². The molecule has 1 aliphatic rings. The van der Waals surface area contributed by atoms with Gasteiger partial charge in [-0.2, -0.15) is 0 Å². The van der Waals surface area contributed by atoms with E-state index in [1.807, 2.05) is 33.8 Å². The number of hydrogen-bond acceptors (Lipinski definition) is 4. The second kappa shape index (κ2) is 11.3. The molecule has 0 aromatic heterocycles. The summed E-state index contributed by atoms with van der Waals surface area (Å²) in [6, 6.07) is 7.90. The van der Waals surface area contributed by atoms with Gasteiger partial charge in [0.2, 0.25) is 11.8 Å². The molecule has 0 aliphatic carbocycles. The molecular weight excluding hydrogens is 364 g/mol. The van der Waals surface area contributed by atoms with E-state index in [0.717, 1.165) is 38.3 Å². The molecule has 1 fully saturated rings. The second-order valence-corrected chi connectivity index (χ2v) is 9.00. The van der Waals surface area contributed by atoms with Crippen molar-refractivity contribution in [3.05, 3.63) is 35.4 Å². The van der Waals surface area contributed by atoms with Crippen LogP contribution in [0.15, 0.2) is 24.3 Å². The molecule has 2 amide bonds. The van der Waals surface area contributed by atoms with Crippen molar-refractivity contribution >= 4 is 11.8 Å². The highest BCUT2D eigenvalue weighted by molar-refractivity contribution is 5.87. The van der Waals surface area contributed by atoms with Gasteiger partial charge in [0.25, 0.3) is 0 Å². The van der Waals surface area contributed by atoms with Crippen LogP contribution in [-0.4, -0.2) is 60.9 Å². The van der Waals surface area contributed by atoms with Gasteiger partial charge in [-0.05, 0) is 30.0 Å². The average molecular weight is 403 g/mol. The van der Waals surface area contributed by atoms with Crippen molar-refractivity contribution in [1.82, 2.24) is 20.4 Å². The van der Waals surface area contributed by atoms with Crippen molar-refractivity contribution in [3.8, 4) is 0 Å². The van der Waals surface area contributed by atoms with Gasteiger partial charge in [0.1, 0.15) is 6.04 Å². The lowest BCUT2D eigenvalue weighted by molar-refractivity contribution is -0.130. The van der Waals surface area contributed by atoms with Crippen LogP contribution in [0.5, 0.6) is 0 Å². The number of nitrogens with one attached hydrogen (secondary N) is 2. The zero-order valence-electron chi connectivity index (χ0n) is 18.7. The van der Waals surface area contributed by atoms with Crippen LogP contribution in [0.3, 0.4) is 0 Å². The van der Waals surface area contributed by atoms with Gasteiger partial charge in [-0.15, -0.1) is 0 Å². The van der Waals surface area contributed by atoms with Crippen molar-refractivity contribution in [1.29, 1.82) is 0 Å². The van der Waals surface area contributed by atoms with Crippen LogP contribution in [0.25, 0.3) is 0 Å². The molecule has 0 radical (unpaired) electrons. The molecule has 1 saturated heterocycles. The normalized spacial score (nSPS) is 16.8. The SMILES string of the molecule is CC(C)CC(=O)NC(C(=O)NCc1cccc(CN2CCN(C)CC2)c1)C(C)C. The van der Waals surface area contributed by atoms with Gasteiger partial charge in [0.05, 0.1) is 0 Å². The van der Waals surface area contributed by atoms with Gasteiger partial charge in [-0.25, -0.2) is 0 Å². The Labute approximate surface area is 176 Å². The van der Waals surface area contributed by atoms with E-state index < -0.39 is 6.04 Å². The molecule has 6 heteroatoms. The first-order valence-electron chi connectivity index (χ1n) is 10.8. The molecule has 29 heavy (non-hydrogen) atoms. The first-order valence-corrected chi connectivity index (χ1v) is 10.8. The van der Waals surface area contributed by atoms with Crippen LogP contribution in [0, 0.1) is 11.8 Å². The number of likely N-dealkylation sites (N-methyl/N-ethyl adjacent to an activating group) is 1. The number of carbonyl (C=O) groups excluding carboxylic acids is 2. The van der Waals surface area contributed by atoms with Gasteiger partial charge < -0.3 is 15.5 Å². The lowest BCUT2D eigenvalue weighted by Crippen LogP contribution is -2.49. The first-order chi connectivity index (χ1) is 13.7. The maximum absolute atomic E-state index is 12.7. The summed E-state index contributed by atoms with van der Waals surface area (Å²) in [6.07, 6.45) is 0.435. The maximum Gasteiger partial charge on any atom is 0.243 e. The molecule has 1 aliphatic heterocycles. The number of carbonyl (C=O) groups is 2. The van der Waals surface area contributed by atoms with Crippen molar-refractivity contribution in [2.75, 3.05) is 33.2 Å². The summed E-state index contributed by atoms with van der Waals surface area (Å²) in [6.45, 7) is 13.7. The third kappa shape index (κ3) is 8.15. The van der Waals surface area contributed by atoms with Crippen molar-refractivity contribution in [2.45, 2.75) is 53.2 Å². The molecule has 1 aromatic carbocycles. The fourth-order valence-corrected chi connectivity index (χ4v) is 3.54. The molecule has 2 rings (SSSR count). The van der Waals surface area contributed by atoms with Crippen molar-refractivity contribution in [2.24, 2.45) is 11.8 Å². The number of rotatable bonds is 9. The van der Waals surface area contributed by atoms with E-state index in [1.54, 1.807) is 0 Å². The Morgan fingerprint density at radius 3 is 2.31 bits per heavy atom. The Balaban J connectivity index is 1.88. The molecule has 0 spiro atoms. The van der Waals surface area contributed by atoms with E-state index in [2.05, 4.69) is 45.7 Å². The summed E-state index contributed by atoms with van der Waals surface area (Å²) in [5, 5.41) is 5.89. The van der Waals surface area contributed by atoms with Crippen molar-refractivity contribution < 1.29 is 9.59 Å². The molecule has 162 valence electrons. The number of piperazine rings is 1. The number of hydrogen-bond donors (Lipinski definition) is 2. The van der Waals surface area contributed by atoms with Gasteiger partial charge >= 0.3 is 0 Å². The molecule has 1 aromatic rings. The Bertz CT molecular complexity index is 667. The summed E-state index contributed by atoms with van der Waals surface area (Å²) in [5.74, 6) is 0.119. The molecular formula is C23H38N4O2. The molecule has 0 bridgehead atoms. The first kappa shape index (κ1) is 23.4. The molecule has 0 saturated carbocycles. The average Bonchev–Trinajstić information content (AvgIpc) is 2.65. The third-order valence-electron chi connectivity index (χ3n) is 5.32. The molecule has 6 nitrogen and oxygen atoms in total. The highest BCUT2D eigenvalue weighted by atomic mass is 16.2. The highest BCUT2D eigenvalue weighted by Gasteiger charge is 2.24. The zero-order chi connectivity index (χ0) is 21.4. The Morgan fingerprint density at radius 2 is 1.69 bits per heavy atom. The summed E-state index contributed by atoms with van der Waals surface area (Å²) in [5.41, 5.74) is 2.35. The van der Waals surface area contributed by atoms with E-state index in [9.17, 15) is 9.59 Å². The minimum Gasteiger partial charge on any atom is -0.350 e. The third-order valence-corrected chi connectivity index (χ3v) is 5.32. The minimum atomic E-state index is -0.505. The largest absolute Gasteiger partial charge is 0.350 e.